The number of carboxylic acid groups (broad SMARTS) is 2. The molecule has 0 radical (unpaired) electrons. The van der Waals surface area contributed by atoms with Gasteiger partial charge in [-0.2, -0.15) is 9.97 Å². The van der Waals surface area contributed by atoms with Crippen molar-refractivity contribution in [2.45, 2.75) is 31.8 Å². The zero-order chi connectivity index (χ0) is 31.4. The minimum atomic E-state index is -1.23. The minimum Gasteiger partial charge on any atom is -0.480 e. The lowest BCUT2D eigenvalue weighted by Gasteiger charge is -2.19. The lowest BCUT2D eigenvalue weighted by atomic mass is 10.1. The van der Waals surface area contributed by atoms with Crippen LogP contribution in [-0.2, 0) is 17.8 Å². The number of rotatable bonds is 11. The summed E-state index contributed by atoms with van der Waals surface area (Å²) in [5.41, 5.74) is 14.9. The summed E-state index contributed by atoms with van der Waals surface area (Å²) in [6.45, 7) is 1.20. The van der Waals surface area contributed by atoms with E-state index in [1.165, 1.54) is 18.2 Å². The fourth-order valence-electron chi connectivity index (χ4n) is 5.00. The smallest absolute Gasteiger partial charge is 0.336 e. The molecule has 0 fully saturated rings. The molecule has 4 aromatic rings. The number of anilines is 3. The summed E-state index contributed by atoms with van der Waals surface area (Å²) < 4.78 is 0. The number of benzene rings is 2. The lowest BCUT2D eigenvalue weighted by molar-refractivity contribution is -0.139. The van der Waals surface area contributed by atoms with E-state index < -0.39 is 29.8 Å². The fourth-order valence-corrected chi connectivity index (χ4v) is 5.00. The number of carboxylic acids is 2. The van der Waals surface area contributed by atoms with Crippen LogP contribution in [-0.4, -0.2) is 73.0 Å². The number of fused-ring (bicyclic) bond motifs is 2. The molecule has 0 saturated heterocycles. The highest BCUT2D eigenvalue weighted by Crippen LogP contribution is 2.30. The summed E-state index contributed by atoms with van der Waals surface area (Å²) in [5, 5.41) is 24.1. The number of nitrogens with one attached hydrogen (secondary N) is 2. The van der Waals surface area contributed by atoms with Crippen LogP contribution in [0.1, 0.15) is 55.2 Å². The van der Waals surface area contributed by atoms with E-state index in [9.17, 15) is 29.4 Å². The van der Waals surface area contributed by atoms with Gasteiger partial charge in [0.1, 0.15) is 6.04 Å². The van der Waals surface area contributed by atoms with Crippen LogP contribution >= 0.6 is 0 Å². The van der Waals surface area contributed by atoms with E-state index in [4.69, 9.17) is 11.5 Å². The predicted molar refractivity (Wildman–Crippen MR) is 159 cm³/mol. The van der Waals surface area contributed by atoms with Gasteiger partial charge in [-0.05, 0) is 55.2 Å². The van der Waals surface area contributed by atoms with Gasteiger partial charge in [-0.3, -0.25) is 9.59 Å². The highest BCUT2D eigenvalue weighted by atomic mass is 16.4. The van der Waals surface area contributed by atoms with Crippen molar-refractivity contribution in [2.75, 3.05) is 29.5 Å². The van der Waals surface area contributed by atoms with Gasteiger partial charge < -0.3 is 37.2 Å². The summed E-state index contributed by atoms with van der Waals surface area (Å²) in [7, 11) is 0. The highest BCUT2D eigenvalue weighted by molar-refractivity contribution is 6.04. The number of aromatic nitrogens is 4. The van der Waals surface area contributed by atoms with E-state index in [2.05, 4.69) is 35.5 Å². The number of nitrogens with zero attached hydrogens (tertiary/aromatic N) is 5. The average Bonchev–Trinajstić information content (AvgIpc) is 3.40. The number of nitrogen functional groups attached to an aromatic ring is 2. The molecular weight excluding hydrogens is 570 g/mol. The molecule has 0 saturated carbocycles. The number of carbonyl (C=O) groups excluding carboxylic acids is 2. The first-order chi connectivity index (χ1) is 21.1. The number of amides is 2. The predicted octanol–water partition coefficient (Wildman–Crippen LogP) is 1.24. The molecule has 1 aliphatic rings. The molecule has 5 rings (SSSR count). The van der Waals surface area contributed by atoms with Crippen molar-refractivity contribution in [3.8, 4) is 0 Å². The van der Waals surface area contributed by atoms with Crippen LogP contribution in [0.15, 0.2) is 48.7 Å². The standard InChI is InChI=1S/C29H29N9O6/c30-23-22-24(37-29(31)36-23)33-13-17(34-22)14-38-11-9-15-12-16(7-8-21(15)38)25(39)35-20(28(43)44)6-3-10-32-26(40)18-4-1-2-5-19(18)27(41)42/h1-2,4-5,7-8,12-13,20H,3,6,9-11,14H2,(H,32,40)(H,35,39)(H,41,42)(H,43,44)(H4,30,31,33,36,37). The summed E-state index contributed by atoms with van der Waals surface area (Å²) in [6, 6.07) is 9.79. The molecule has 44 heavy (non-hydrogen) atoms. The molecular formula is C29H29N9O6. The van der Waals surface area contributed by atoms with Crippen LogP contribution in [0.2, 0.25) is 0 Å². The number of hydrogen-bond donors (Lipinski definition) is 6. The normalized spacial score (nSPS) is 12.9. The summed E-state index contributed by atoms with van der Waals surface area (Å²) in [6.07, 6.45) is 2.56. The molecule has 3 heterocycles. The molecule has 15 heteroatoms. The maximum atomic E-state index is 13.0. The van der Waals surface area contributed by atoms with Gasteiger partial charge in [-0.25, -0.2) is 19.6 Å². The van der Waals surface area contributed by atoms with Crippen LogP contribution < -0.4 is 27.0 Å². The van der Waals surface area contributed by atoms with Crippen LogP contribution in [0.4, 0.5) is 17.5 Å². The Labute approximate surface area is 250 Å². The Kier molecular flexibility index (Phi) is 8.46. The second-order valence-electron chi connectivity index (χ2n) is 10.1. The number of aromatic carboxylic acids is 1. The van der Waals surface area contributed by atoms with Gasteiger partial charge >= 0.3 is 11.9 Å². The van der Waals surface area contributed by atoms with E-state index in [-0.39, 0.29) is 42.3 Å². The van der Waals surface area contributed by atoms with Crippen LogP contribution in [0.25, 0.3) is 11.2 Å². The van der Waals surface area contributed by atoms with Gasteiger partial charge in [0.05, 0.1) is 29.6 Å². The number of nitrogens with two attached hydrogens (primary N) is 2. The molecule has 15 nitrogen and oxygen atoms in total. The van der Waals surface area contributed by atoms with E-state index in [1.807, 2.05) is 6.07 Å². The minimum absolute atomic E-state index is 0.00774. The monoisotopic (exact) mass is 599 g/mol. The molecule has 226 valence electrons. The average molecular weight is 600 g/mol. The topological polar surface area (TPSA) is 240 Å². The van der Waals surface area contributed by atoms with Crippen molar-refractivity contribution in [3.05, 3.63) is 76.6 Å². The third-order valence-electron chi connectivity index (χ3n) is 7.15. The number of carbonyl (C=O) groups is 4. The fraction of sp³-hybridized carbons (Fsp3) is 0.241. The third kappa shape index (κ3) is 6.46. The second-order valence-corrected chi connectivity index (χ2v) is 10.1. The van der Waals surface area contributed by atoms with Crippen LogP contribution in [0.5, 0.6) is 0 Å². The van der Waals surface area contributed by atoms with Crippen molar-refractivity contribution < 1.29 is 29.4 Å². The summed E-state index contributed by atoms with van der Waals surface area (Å²) in [4.78, 5) is 67.5. The van der Waals surface area contributed by atoms with E-state index >= 15 is 0 Å². The molecule has 1 unspecified atom stereocenters. The van der Waals surface area contributed by atoms with Gasteiger partial charge in [0.25, 0.3) is 11.8 Å². The van der Waals surface area contributed by atoms with Crippen molar-refractivity contribution in [1.29, 1.82) is 0 Å². The van der Waals surface area contributed by atoms with Crippen molar-refractivity contribution in [2.24, 2.45) is 0 Å². The Morgan fingerprint density at radius 2 is 1.75 bits per heavy atom. The number of hydrogen-bond acceptors (Lipinski definition) is 11. The Bertz CT molecular complexity index is 1780. The Balaban J connectivity index is 1.17. The van der Waals surface area contributed by atoms with Crippen molar-refractivity contribution in [3.63, 3.8) is 0 Å². The van der Waals surface area contributed by atoms with Gasteiger partial charge in [0.2, 0.25) is 5.95 Å². The summed E-state index contributed by atoms with van der Waals surface area (Å²) >= 11 is 0. The van der Waals surface area contributed by atoms with Crippen LogP contribution in [0, 0.1) is 0 Å². The molecule has 2 aromatic carbocycles. The van der Waals surface area contributed by atoms with Gasteiger partial charge in [-0.15, -0.1) is 0 Å². The van der Waals surface area contributed by atoms with Gasteiger partial charge in [0.15, 0.2) is 17.0 Å². The van der Waals surface area contributed by atoms with Crippen LogP contribution in [0.3, 0.4) is 0 Å². The molecule has 2 amide bonds. The molecule has 1 atom stereocenters. The molecule has 1 aliphatic heterocycles. The van der Waals surface area contributed by atoms with E-state index in [0.29, 0.717) is 41.9 Å². The second kappa shape index (κ2) is 12.6. The first kappa shape index (κ1) is 29.6. The number of aliphatic carboxylic acids is 1. The maximum absolute atomic E-state index is 13.0. The van der Waals surface area contributed by atoms with Gasteiger partial charge in [0, 0.05) is 24.3 Å². The Hall–Kier alpha value is -5.86. The largest absolute Gasteiger partial charge is 0.480 e. The third-order valence-corrected chi connectivity index (χ3v) is 7.15. The van der Waals surface area contributed by atoms with Crippen molar-refractivity contribution in [1.82, 2.24) is 30.6 Å². The van der Waals surface area contributed by atoms with E-state index in [0.717, 1.165) is 11.3 Å². The first-order valence-corrected chi connectivity index (χ1v) is 13.7. The van der Waals surface area contributed by atoms with E-state index in [1.54, 1.807) is 24.4 Å². The molecule has 0 aliphatic carbocycles. The van der Waals surface area contributed by atoms with Crippen molar-refractivity contribution >= 4 is 52.4 Å². The first-order valence-electron chi connectivity index (χ1n) is 13.7. The Morgan fingerprint density at radius 1 is 0.977 bits per heavy atom. The molecule has 2 aromatic heterocycles. The highest BCUT2D eigenvalue weighted by Gasteiger charge is 2.24. The Morgan fingerprint density at radius 3 is 2.50 bits per heavy atom. The molecule has 8 N–H and O–H groups in total. The summed E-state index contributed by atoms with van der Waals surface area (Å²) in [5.74, 6) is -3.39. The zero-order valence-corrected chi connectivity index (χ0v) is 23.4. The lowest BCUT2D eigenvalue weighted by Crippen LogP contribution is -2.41. The maximum Gasteiger partial charge on any atom is 0.336 e. The molecule has 0 spiro atoms. The quantitative estimate of drug-likeness (QED) is 0.133. The van der Waals surface area contributed by atoms with Gasteiger partial charge in [-0.1, -0.05) is 12.1 Å². The zero-order valence-electron chi connectivity index (χ0n) is 23.4. The molecule has 0 bridgehead atoms. The SMILES string of the molecule is Nc1nc(N)c2nc(CN3CCc4cc(C(=O)NC(CCCNC(=O)c5ccccc5C(=O)O)C(=O)O)ccc43)cnc2n1.